The van der Waals surface area contributed by atoms with E-state index in [1.807, 2.05) is 23.2 Å². The van der Waals surface area contributed by atoms with Crippen molar-refractivity contribution in [1.82, 2.24) is 4.98 Å². The molecule has 0 radical (unpaired) electrons. The molecule has 5 nitrogen and oxygen atoms in total. The molecule has 2 heterocycles. The molecule has 0 unspecified atom stereocenters. The van der Waals surface area contributed by atoms with E-state index in [-0.39, 0.29) is 11.5 Å². The average molecular weight is 269 g/mol. The van der Waals surface area contributed by atoms with E-state index in [2.05, 4.69) is 4.98 Å². The third-order valence-corrected chi connectivity index (χ3v) is 4.84. The largest absolute Gasteiger partial charge is 0.356 e. The van der Waals surface area contributed by atoms with Crippen LogP contribution in [0.5, 0.6) is 0 Å². The molecule has 18 heavy (non-hydrogen) atoms. The first-order chi connectivity index (χ1) is 8.61. The van der Waals surface area contributed by atoms with E-state index in [1.54, 1.807) is 0 Å². The van der Waals surface area contributed by atoms with E-state index in [4.69, 9.17) is 5.73 Å². The van der Waals surface area contributed by atoms with Crippen LogP contribution in [-0.2, 0) is 16.3 Å². The SMILES string of the molecule is NCCc1ccc(N2CCCS(=O)(=O)CC2)nc1. The van der Waals surface area contributed by atoms with Gasteiger partial charge in [0.05, 0.1) is 11.5 Å². The lowest BCUT2D eigenvalue weighted by Crippen LogP contribution is -2.27. The zero-order chi connectivity index (χ0) is 13.0. The third-order valence-electron chi connectivity index (χ3n) is 3.12. The molecule has 2 rings (SSSR count). The highest BCUT2D eigenvalue weighted by Gasteiger charge is 2.19. The predicted octanol–water partition coefficient (Wildman–Crippen LogP) is 0.208. The van der Waals surface area contributed by atoms with Crippen molar-refractivity contribution in [3.63, 3.8) is 0 Å². The minimum absolute atomic E-state index is 0.221. The molecule has 2 N–H and O–H groups in total. The standard InChI is InChI=1S/C12H19N3O2S/c13-5-4-11-2-3-12(14-10-11)15-6-1-8-18(16,17)9-7-15/h2-3,10H,1,4-9,13H2. The molecule has 0 spiro atoms. The van der Waals surface area contributed by atoms with Gasteiger partial charge in [-0.15, -0.1) is 0 Å². The molecule has 1 saturated heterocycles. The van der Waals surface area contributed by atoms with Crippen LogP contribution in [0.2, 0.25) is 0 Å². The van der Waals surface area contributed by atoms with Gasteiger partial charge < -0.3 is 10.6 Å². The van der Waals surface area contributed by atoms with E-state index >= 15 is 0 Å². The van der Waals surface area contributed by atoms with Gasteiger partial charge in [-0.2, -0.15) is 0 Å². The van der Waals surface area contributed by atoms with Gasteiger partial charge >= 0.3 is 0 Å². The monoisotopic (exact) mass is 269 g/mol. The summed E-state index contributed by atoms with van der Waals surface area (Å²) in [7, 11) is -2.86. The van der Waals surface area contributed by atoms with Gasteiger partial charge in [0, 0.05) is 19.3 Å². The maximum absolute atomic E-state index is 11.5. The van der Waals surface area contributed by atoms with Gasteiger partial charge in [0.1, 0.15) is 5.82 Å². The summed E-state index contributed by atoms with van der Waals surface area (Å²) in [6, 6.07) is 3.96. The Hall–Kier alpha value is -1.14. The summed E-state index contributed by atoms with van der Waals surface area (Å²) in [5.41, 5.74) is 6.60. The number of nitrogens with zero attached hydrogens (tertiary/aromatic N) is 2. The fraction of sp³-hybridized carbons (Fsp3) is 0.583. The molecular weight excluding hydrogens is 250 g/mol. The van der Waals surface area contributed by atoms with Crippen LogP contribution in [0.15, 0.2) is 18.3 Å². The van der Waals surface area contributed by atoms with Crippen molar-refractivity contribution in [2.45, 2.75) is 12.8 Å². The van der Waals surface area contributed by atoms with Crippen LogP contribution in [0, 0.1) is 0 Å². The van der Waals surface area contributed by atoms with Crippen molar-refractivity contribution in [3.05, 3.63) is 23.9 Å². The molecule has 1 aromatic heterocycles. The van der Waals surface area contributed by atoms with Gasteiger partial charge in [0.25, 0.3) is 0 Å². The number of sulfone groups is 1. The number of aromatic nitrogens is 1. The maximum Gasteiger partial charge on any atom is 0.152 e. The minimum Gasteiger partial charge on any atom is -0.356 e. The van der Waals surface area contributed by atoms with Crippen molar-refractivity contribution >= 4 is 15.7 Å². The molecule has 1 aromatic rings. The Morgan fingerprint density at radius 1 is 1.28 bits per heavy atom. The molecular formula is C12H19N3O2S. The summed E-state index contributed by atoms with van der Waals surface area (Å²) in [6.45, 7) is 1.90. The number of hydrogen-bond donors (Lipinski definition) is 1. The number of pyridine rings is 1. The molecule has 0 saturated carbocycles. The van der Waals surface area contributed by atoms with Gasteiger partial charge in [-0.05, 0) is 31.0 Å². The van der Waals surface area contributed by atoms with Gasteiger partial charge in [0.2, 0.25) is 0 Å². The Balaban J connectivity index is 2.07. The van der Waals surface area contributed by atoms with Crippen LogP contribution >= 0.6 is 0 Å². The third kappa shape index (κ3) is 3.43. The first-order valence-corrected chi connectivity index (χ1v) is 8.03. The first kappa shape index (κ1) is 13.3. The summed E-state index contributed by atoms with van der Waals surface area (Å²) < 4.78 is 23.1. The van der Waals surface area contributed by atoms with Crippen LogP contribution in [-0.4, -0.2) is 44.5 Å². The molecule has 1 fully saturated rings. The van der Waals surface area contributed by atoms with Crippen molar-refractivity contribution in [2.24, 2.45) is 5.73 Å². The average Bonchev–Trinajstić information content (AvgIpc) is 2.52. The van der Waals surface area contributed by atoms with Crippen LogP contribution in [0.4, 0.5) is 5.82 Å². The number of rotatable bonds is 3. The fourth-order valence-corrected chi connectivity index (χ4v) is 3.36. The Morgan fingerprint density at radius 3 is 2.78 bits per heavy atom. The number of hydrogen-bond acceptors (Lipinski definition) is 5. The quantitative estimate of drug-likeness (QED) is 0.849. The topological polar surface area (TPSA) is 76.3 Å². The minimum atomic E-state index is -2.86. The highest BCUT2D eigenvalue weighted by molar-refractivity contribution is 7.91. The highest BCUT2D eigenvalue weighted by atomic mass is 32.2. The van der Waals surface area contributed by atoms with Crippen LogP contribution < -0.4 is 10.6 Å². The molecule has 6 heteroatoms. The molecule has 1 aliphatic rings. The van der Waals surface area contributed by atoms with Gasteiger partial charge in [-0.25, -0.2) is 13.4 Å². The van der Waals surface area contributed by atoms with Gasteiger partial charge in [-0.3, -0.25) is 0 Å². The molecule has 0 atom stereocenters. The number of anilines is 1. The second kappa shape index (κ2) is 5.67. The summed E-state index contributed by atoms with van der Waals surface area (Å²) in [6.07, 6.45) is 3.32. The van der Waals surface area contributed by atoms with E-state index in [1.165, 1.54) is 0 Å². The predicted molar refractivity (Wildman–Crippen MR) is 72.5 cm³/mol. The Kier molecular flexibility index (Phi) is 4.19. The second-order valence-electron chi connectivity index (χ2n) is 4.56. The van der Waals surface area contributed by atoms with E-state index in [0.29, 0.717) is 19.5 Å². The molecule has 100 valence electrons. The first-order valence-electron chi connectivity index (χ1n) is 6.21. The molecule has 1 aliphatic heterocycles. The summed E-state index contributed by atoms with van der Waals surface area (Å²) in [4.78, 5) is 6.42. The maximum atomic E-state index is 11.5. The van der Waals surface area contributed by atoms with Crippen molar-refractivity contribution in [3.8, 4) is 0 Å². The Labute approximate surface area is 108 Å². The van der Waals surface area contributed by atoms with Crippen LogP contribution in [0.3, 0.4) is 0 Å². The zero-order valence-electron chi connectivity index (χ0n) is 10.4. The normalized spacial score (nSPS) is 19.5. The van der Waals surface area contributed by atoms with Crippen molar-refractivity contribution in [2.75, 3.05) is 36.0 Å². The smallest absolute Gasteiger partial charge is 0.152 e. The van der Waals surface area contributed by atoms with Crippen LogP contribution in [0.1, 0.15) is 12.0 Å². The van der Waals surface area contributed by atoms with Crippen molar-refractivity contribution < 1.29 is 8.42 Å². The summed E-state index contributed by atoms with van der Waals surface area (Å²) in [5, 5.41) is 0. The lowest BCUT2D eigenvalue weighted by atomic mass is 10.2. The lowest BCUT2D eigenvalue weighted by molar-refractivity contribution is 0.597. The molecule has 0 amide bonds. The highest BCUT2D eigenvalue weighted by Crippen LogP contribution is 2.15. The molecule has 0 aromatic carbocycles. The summed E-state index contributed by atoms with van der Waals surface area (Å²) in [5.74, 6) is 1.36. The van der Waals surface area contributed by atoms with E-state index in [9.17, 15) is 8.42 Å². The molecule has 0 aliphatic carbocycles. The summed E-state index contributed by atoms with van der Waals surface area (Å²) >= 11 is 0. The van der Waals surface area contributed by atoms with Gasteiger partial charge in [0.15, 0.2) is 9.84 Å². The number of nitrogens with two attached hydrogens (primary N) is 1. The van der Waals surface area contributed by atoms with Crippen LogP contribution in [0.25, 0.3) is 0 Å². The second-order valence-corrected chi connectivity index (χ2v) is 6.86. The molecule has 0 bridgehead atoms. The lowest BCUT2D eigenvalue weighted by Gasteiger charge is -2.20. The van der Waals surface area contributed by atoms with Crippen molar-refractivity contribution in [1.29, 1.82) is 0 Å². The zero-order valence-corrected chi connectivity index (χ0v) is 11.2. The Bertz CT molecular complexity index is 485. The van der Waals surface area contributed by atoms with E-state index < -0.39 is 9.84 Å². The van der Waals surface area contributed by atoms with E-state index in [0.717, 1.165) is 24.3 Å². The Morgan fingerprint density at radius 2 is 2.11 bits per heavy atom. The van der Waals surface area contributed by atoms with Gasteiger partial charge in [-0.1, -0.05) is 6.07 Å². The fourth-order valence-electron chi connectivity index (χ4n) is 2.09.